The molecule has 2 aliphatic rings. The summed E-state index contributed by atoms with van der Waals surface area (Å²) in [6.45, 7) is 0.955. The van der Waals surface area contributed by atoms with Crippen molar-refractivity contribution in [3.8, 4) is 5.75 Å². The molecule has 0 unspecified atom stereocenters. The van der Waals surface area contributed by atoms with Crippen LogP contribution >= 0.6 is 0 Å². The van der Waals surface area contributed by atoms with Gasteiger partial charge >= 0.3 is 0 Å². The molecule has 0 aliphatic carbocycles. The van der Waals surface area contributed by atoms with Gasteiger partial charge in [-0.2, -0.15) is 0 Å². The predicted molar refractivity (Wildman–Crippen MR) is 68.9 cm³/mol. The first kappa shape index (κ1) is 11.4. The standard InChI is InChI=1S/C14H18N2O2/c1-17-11-7-5-10(6-8-11)13-12-4-2-3-9-16(12)14(15)18-13/h5-8,12-13,15H,2-4,9H2,1H3/t12-,13+/m0/s1. The quantitative estimate of drug-likeness (QED) is 0.872. The number of methoxy groups -OCH3 is 1. The molecular formula is C14H18N2O2. The van der Waals surface area contributed by atoms with Crippen molar-refractivity contribution in [1.29, 1.82) is 5.41 Å². The lowest BCUT2D eigenvalue weighted by Crippen LogP contribution is -2.38. The molecule has 0 aromatic heterocycles. The Morgan fingerprint density at radius 1 is 1.28 bits per heavy atom. The number of benzene rings is 1. The van der Waals surface area contributed by atoms with Gasteiger partial charge in [0.1, 0.15) is 11.9 Å². The fourth-order valence-corrected chi connectivity index (χ4v) is 2.87. The molecule has 1 N–H and O–H groups in total. The van der Waals surface area contributed by atoms with E-state index in [1.165, 1.54) is 6.42 Å². The zero-order chi connectivity index (χ0) is 12.5. The number of hydrogen-bond donors (Lipinski definition) is 1. The van der Waals surface area contributed by atoms with Gasteiger partial charge in [0.2, 0.25) is 0 Å². The number of fused-ring (bicyclic) bond motifs is 1. The number of amidine groups is 1. The molecule has 2 heterocycles. The number of nitrogens with one attached hydrogen (secondary N) is 1. The summed E-state index contributed by atoms with van der Waals surface area (Å²) < 4.78 is 10.9. The zero-order valence-corrected chi connectivity index (χ0v) is 10.6. The second-order valence-electron chi connectivity index (χ2n) is 4.87. The molecular weight excluding hydrogens is 228 g/mol. The molecule has 2 fully saturated rings. The SMILES string of the molecule is COc1ccc([C@H]2OC(=N)N3CCCC[C@@H]23)cc1. The van der Waals surface area contributed by atoms with Crippen molar-refractivity contribution in [1.82, 2.24) is 4.90 Å². The van der Waals surface area contributed by atoms with E-state index in [4.69, 9.17) is 14.9 Å². The van der Waals surface area contributed by atoms with Crippen molar-refractivity contribution in [3.05, 3.63) is 29.8 Å². The van der Waals surface area contributed by atoms with Crippen LogP contribution in [0.15, 0.2) is 24.3 Å². The van der Waals surface area contributed by atoms with Crippen LogP contribution in [0.1, 0.15) is 30.9 Å². The predicted octanol–water partition coefficient (Wildman–Crippen LogP) is 2.56. The van der Waals surface area contributed by atoms with Crippen LogP contribution in [0, 0.1) is 5.41 Å². The van der Waals surface area contributed by atoms with E-state index in [9.17, 15) is 0 Å². The van der Waals surface area contributed by atoms with Gasteiger partial charge in [-0.1, -0.05) is 12.1 Å². The lowest BCUT2D eigenvalue weighted by atomic mass is 9.94. The lowest BCUT2D eigenvalue weighted by molar-refractivity contribution is 0.167. The Kier molecular flexibility index (Phi) is 2.86. The van der Waals surface area contributed by atoms with Crippen LogP contribution < -0.4 is 4.74 Å². The molecule has 4 heteroatoms. The van der Waals surface area contributed by atoms with Crippen LogP contribution in [0.25, 0.3) is 0 Å². The van der Waals surface area contributed by atoms with Crippen LogP contribution in [0.2, 0.25) is 0 Å². The van der Waals surface area contributed by atoms with Crippen LogP contribution in [-0.2, 0) is 4.74 Å². The van der Waals surface area contributed by atoms with Gasteiger partial charge in [-0.25, -0.2) is 0 Å². The molecule has 0 amide bonds. The van der Waals surface area contributed by atoms with E-state index in [-0.39, 0.29) is 6.10 Å². The number of ether oxygens (including phenoxy) is 2. The summed E-state index contributed by atoms with van der Waals surface area (Å²) in [4.78, 5) is 2.10. The topological polar surface area (TPSA) is 45.6 Å². The van der Waals surface area contributed by atoms with Crippen molar-refractivity contribution in [2.24, 2.45) is 0 Å². The molecule has 1 aromatic rings. The second-order valence-corrected chi connectivity index (χ2v) is 4.87. The fraction of sp³-hybridized carbons (Fsp3) is 0.500. The third kappa shape index (κ3) is 1.82. The average Bonchev–Trinajstić information content (AvgIpc) is 2.77. The van der Waals surface area contributed by atoms with Crippen LogP contribution in [0.5, 0.6) is 5.75 Å². The van der Waals surface area contributed by atoms with Gasteiger partial charge < -0.3 is 14.4 Å². The van der Waals surface area contributed by atoms with E-state index in [2.05, 4.69) is 4.90 Å². The van der Waals surface area contributed by atoms with E-state index in [0.717, 1.165) is 30.7 Å². The van der Waals surface area contributed by atoms with Gasteiger partial charge in [0.25, 0.3) is 6.02 Å². The monoisotopic (exact) mass is 246 g/mol. The number of hydrogen-bond acceptors (Lipinski definition) is 3. The van der Waals surface area contributed by atoms with Gasteiger partial charge in [-0.3, -0.25) is 5.41 Å². The highest BCUT2D eigenvalue weighted by Crippen LogP contribution is 2.37. The number of piperidine rings is 1. The van der Waals surface area contributed by atoms with Gasteiger partial charge in [0.15, 0.2) is 0 Å². The van der Waals surface area contributed by atoms with E-state index < -0.39 is 0 Å². The molecule has 0 radical (unpaired) electrons. The summed E-state index contributed by atoms with van der Waals surface area (Å²) in [6, 6.07) is 8.64. The molecule has 2 atom stereocenters. The maximum absolute atomic E-state index is 7.91. The highest BCUT2D eigenvalue weighted by molar-refractivity contribution is 5.73. The van der Waals surface area contributed by atoms with Gasteiger partial charge in [-0.15, -0.1) is 0 Å². The van der Waals surface area contributed by atoms with Gasteiger partial charge in [0.05, 0.1) is 13.2 Å². The molecule has 0 spiro atoms. The third-order valence-electron chi connectivity index (χ3n) is 3.84. The molecule has 4 nitrogen and oxygen atoms in total. The molecule has 2 aliphatic heterocycles. The van der Waals surface area contributed by atoms with Crippen molar-refractivity contribution in [2.45, 2.75) is 31.4 Å². The summed E-state index contributed by atoms with van der Waals surface area (Å²) in [6.07, 6.45) is 3.50. The molecule has 1 aromatic carbocycles. The molecule has 96 valence electrons. The maximum Gasteiger partial charge on any atom is 0.285 e. The maximum atomic E-state index is 7.91. The number of rotatable bonds is 2. The summed E-state index contributed by atoms with van der Waals surface area (Å²) >= 11 is 0. The molecule has 0 saturated carbocycles. The Morgan fingerprint density at radius 2 is 2.06 bits per heavy atom. The van der Waals surface area contributed by atoms with Crippen molar-refractivity contribution in [3.63, 3.8) is 0 Å². The van der Waals surface area contributed by atoms with E-state index in [0.29, 0.717) is 12.1 Å². The minimum absolute atomic E-state index is 0.00343. The summed E-state index contributed by atoms with van der Waals surface area (Å²) in [5.74, 6) is 0.854. The summed E-state index contributed by atoms with van der Waals surface area (Å²) in [5, 5.41) is 7.91. The van der Waals surface area contributed by atoms with E-state index in [1.807, 2.05) is 24.3 Å². The van der Waals surface area contributed by atoms with Crippen molar-refractivity contribution < 1.29 is 9.47 Å². The largest absolute Gasteiger partial charge is 0.497 e. The highest BCUT2D eigenvalue weighted by Gasteiger charge is 2.41. The summed E-state index contributed by atoms with van der Waals surface area (Å²) in [5.41, 5.74) is 1.13. The first-order valence-electron chi connectivity index (χ1n) is 6.45. The fourth-order valence-electron chi connectivity index (χ4n) is 2.87. The van der Waals surface area contributed by atoms with Crippen molar-refractivity contribution in [2.75, 3.05) is 13.7 Å². The lowest BCUT2D eigenvalue weighted by Gasteiger charge is -2.29. The highest BCUT2D eigenvalue weighted by atomic mass is 16.5. The first-order valence-corrected chi connectivity index (χ1v) is 6.45. The van der Waals surface area contributed by atoms with E-state index in [1.54, 1.807) is 7.11 Å². The Labute approximate surface area is 107 Å². The minimum atomic E-state index is 0.00343. The van der Waals surface area contributed by atoms with Crippen LogP contribution in [0.3, 0.4) is 0 Å². The van der Waals surface area contributed by atoms with Crippen LogP contribution in [-0.4, -0.2) is 30.6 Å². The van der Waals surface area contributed by atoms with Crippen molar-refractivity contribution >= 4 is 6.02 Å². The second kappa shape index (κ2) is 4.52. The Hall–Kier alpha value is -1.71. The minimum Gasteiger partial charge on any atom is -0.497 e. The zero-order valence-electron chi connectivity index (χ0n) is 10.6. The smallest absolute Gasteiger partial charge is 0.285 e. The molecule has 3 rings (SSSR count). The molecule has 18 heavy (non-hydrogen) atoms. The number of nitrogens with zero attached hydrogens (tertiary/aromatic N) is 1. The van der Waals surface area contributed by atoms with Gasteiger partial charge in [-0.05, 0) is 37.0 Å². The summed E-state index contributed by atoms with van der Waals surface area (Å²) in [7, 11) is 1.67. The van der Waals surface area contributed by atoms with Crippen LogP contribution in [0.4, 0.5) is 0 Å². The molecule has 2 saturated heterocycles. The average molecular weight is 246 g/mol. The Balaban J connectivity index is 1.84. The normalized spacial score (nSPS) is 26.7. The Morgan fingerprint density at radius 3 is 2.78 bits per heavy atom. The third-order valence-corrected chi connectivity index (χ3v) is 3.84. The van der Waals surface area contributed by atoms with E-state index >= 15 is 0 Å². The first-order chi connectivity index (χ1) is 8.79. The van der Waals surface area contributed by atoms with Gasteiger partial charge in [0, 0.05) is 6.54 Å². The Bertz CT molecular complexity index is 444. The molecule has 0 bridgehead atoms.